The second-order valence-electron chi connectivity index (χ2n) is 34.1. The Bertz CT molecular complexity index is 8750. The van der Waals surface area contributed by atoms with Gasteiger partial charge in [0, 0.05) is 122 Å². The molecule has 0 N–H and O–H groups in total. The maximum Gasteiger partial charge on any atom is 0.0547 e. The Morgan fingerprint density at radius 1 is 0.197 bits per heavy atom. The summed E-state index contributed by atoms with van der Waals surface area (Å²) >= 11 is 0. The second kappa shape index (κ2) is 29.3. The molecule has 7 nitrogen and oxygen atoms in total. The minimum atomic E-state index is -0.0455. The molecule has 1 aliphatic carbocycles. The maximum atomic E-state index is 4.40. The highest BCUT2D eigenvalue weighted by atomic mass is 15.0. The Kier molecular flexibility index (Phi) is 16.9. The lowest BCUT2D eigenvalue weighted by atomic mass is 9.82. The minimum absolute atomic E-state index is 0.0455. The van der Waals surface area contributed by atoms with E-state index in [-0.39, 0.29) is 5.41 Å². The first-order valence-corrected chi connectivity index (χ1v) is 43.8. The van der Waals surface area contributed by atoms with E-state index in [0.717, 1.165) is 11.1 Å². The van der Waals surface area contributed by atoms with Gasteiger partial charge in [0.25, 0.3) is 0 Å². The second-order valence-corrected chi connectivity index (χ2v) is 34.1. The molecule has 0 spiro atoms. The molecular weight excluding hydrogens is 1540 g/mol. The van der Waals surface area contributed by atoms with Gasteiger partial charge in [0.2, 0.25) is 0 Å². The van der Waals surface area contributed by atoms with Crippen molar-refractivity contribution in [2.45, 2.75) is 19.3 Å². The average molecular weight is 1620 g/mol. The molecule has 0 amide bonds. The molecule has 127 heavy (non-hydrogen) atoms. The van der Waals surface area contributed by atoms with Gasteiger partial charge in [-0.25, -0.2) is 0 Å². The van der Waals surface area contributed by atoms with Crippen LogP contribution in [0.5, 0.6) is 0 Å². The van der Waals surface area contributed by atoms with Crippen LogP contribution < -0.4 is 0 Å². The van der Waals surface area contributed by atoms with E-state index in [1.807, 2.05) is 12.4 Å². The average Bonchev–Trinajstić information content (AvgIpc) is 1.56. The zero-order valence-corrected chi connectivity index (χ0v) is 69.9. The van der Waals surface area contributed by atoms with Crippen molar-refractivity contribution in [1.29, 1.82) is 0 Å². The van der Waals surface area contributed by atoms with Crippen molar-refractivity contribution in [2.24, 2.45) is 0 Å². The lowest BCUT2D eigenvalue weighted by Gasteiger charge is -2.21. The van der Waals surface area contributed by atoms with Crippen molar-refractivity contribution in [2.75, 3.05) is 0 Å². The molecule has 0 atom stereocenters. The first-order valence-electron chi connectivity index (χ1n) is 43.8. The summed E-state index contributed by atoms with van der Waals surface area (Å²) in [5, 5.41) is 17.6. The molecule has 0 saturated heterocycles. The predicted octanol–water partition coefficient (Wildman–Crippen LogP) is 31.5. The van der Waals surface area contributed by atoms with Crippen molar-refractivity contribution in [1.82, 2.24) is 32.4 Å². The fraction of sp³-hybridized carbons (Fsp3) is 0.0250. The van der Waals surface area contributed by atoms with E-state index >= 15 is 0 Å². The molecule has 1 aliphatic rings. The summed E-state index contributed by atoms with van der Waals surface area (Å²) in [5.41, 5.74) is 34.5. The molecule has 27 rings (SSSR count). The number of benzene rings is 19. The van der Waals surface area contributed by atoms with Gasteiger partial charge in [-0.05, 0) is 237 Å². The number of rotatable bonds is 9. The number of pyridine rings is 1. The van der Waals surface area contributed by atoms with Gasteiger partial charge in [0.05, 0.1) is 71.9 Å². The van der Waals surface area contributed by atoms with Gasteiger partial charge < -0.3 is 27.4 Å². The summed E-state index contributed by atoms with van der Waals surface area (Å²) in [5.74, 6) is 0. The van der Waals surface area contributed by atoms with Gasteiger partial charge in [-0.2, -0.15) is 0 Å². The number of aromatic nitrogens is 7. The smallest absolute Gasteiger partial charge is 0.0547 e. The number of fused-ring (bicyclic) bond motifs is 23. The molecule has 0 bridgehead atoms. The van der Waals surface area contributed by atoms with Crippen molar-refractivity contribution in [3.05, 3.63) is 466 Å². The van der Waals surface area contributed by atoms with Gasteiger partial charge >= 0.3 is 0 Å². The van der Waals surface area contributed by atoms with Crippen LogP contribution in [0.15, 0.2) is 455 Å². The third kappa shape index (κ3) is 11.6. The molecule has 596 valence electrons. The summed E-state index contributed by atoms with van der Waals surface area (Å²) in [6.45, 7) is 4.71. The van der Waals surface area contributed by atoms with E-state index in [2.05, 4.69) is 489 Å². The quantitative estimate of drug-likeness (QED) is 0.142. The molecule has 7 heteroatoms. The topological polar surface area (TPSA) is 42.5 Å². The van der Waals surface area contributed by atoms with Gasteiger partial charge in [-0.3, -0.25) is 4.98 Å². The molecule has 26 aromatic rings. The van der Waals surface area contributed by atoms with E-state index in [4.69, 9.17) is 0 Å². The molecule has 19 aromatic carbocycles. The van der Waals surface area contributed by atoms with Crippen molar-refractivity contribution in [3.8, 4) is 78.6 Å². The van der Waals surface area contributed by atoms with E-state index in [1.165, 1.54) is 220 Å². The van der Waals surface area contributed by atoms with Crippen molar-refractivity contribution >= 4 is 142 Å². The number of para-hydroxylation sites is 10. The summed E-state index contributed by atoms with van der Waals surface area (Å²) in [7, 11) is 0. The molecule has 7 heterocycles. The monoisotopic (exact) mass is 1620 g/mol. The van der Waals surface area contributed by atoms with Gasteiger partial charge in [-0.1, -0.05) is 275 Å². The third-order valence-corrected chi connectivity index (χ3v) is 26.8. The minimum Gasteiger partial charge on any atom is -0.309 e. The van der Waals surface area contributed by atoms with E-state index in [0.29, 0.717) is 0 Å². The molecule has 0 unspecified atom stereocenters. The molecular formula is C120H81N7. The largest absolute Gasteiger partial charge is 0.309 e. The summed E-state index contributed by atoms with van der Waals surface area (Å²) in [6, 6.07) is 161. The molecule has 0 saturated carbocycles. The fourth-order valence-corrected chi connectivity index (χ4v) is 21.1. The number of nitrogens with zero attached hydrogens (tertiary/aromatic N) is 7. The van der Waals surface area contributed by atoms with Crippen LogP contribution in [0.2, 0.25) is 0 Å². The highest BCUT2D eigenvalue weighted by Gasteiger charge is 2.37. The van der Waals surface area contributed by atoms with Crippen molar-refractivity contribution < 1.29 is 0 Å². The van der Waals surface area contributed by atoms with E-state index < -0.39 is 0 Å². The Hall–Kier alpha value is -16.6. The zero-order chi connectivity index (χ0) is 84.0. The van der Waals surface area contributed by atoms with E-state index in [9.17, 15) is 0 Å². The van der Waals surface area contributed by atoms with Gasteiger partial charge in [0.1, 0.15) is 0 Å². The summed E-state index contributed by atoms with van der Waals surface area (Å²) in [4.78, 5) is 4.40. The highest BCUT2D eigenvalue weighted by Crippen LogP contribution is 2.53. The molecule has 0 aliphatic heterocycles. The van der Waals surface area contributed by atoms with Crippen molar-refractivity contribution in [3.63, 3.8) is 0 Å². The Labute approximate surface area is 733 Å². The van der Waals surface area contributed by atoms with E-state index in [1.54, 1.807) is 0 Å². The van der Waals surface area contributed by atoms with Crippen LogP contribution in [-0.4, -0.2) is 32.4 Å². The first kappa shape index (κ1) is 73.1. The SMILES string of the molecule is CC1(C)c2ccccc2-c2c(-n3c4ccccc4c4cc(-c5ccc6c(c5)c5ccccc5n6-c5ccccc5)ccc43)cccc21.c1ccc(-n2c3ccccc3c3cc(-c4ccc5c(c4)c4c6ccncc6ccc4n5-c4ccccc4)ccc32)cc1.c1ccc(-n2c3ccccc3c3cc(-c4ccc5c(c4)c4ccccc4n5-c4ccccc4)ccc32)cc1. The number of hydrogen-bond donors (Lipinski definition) is 0. The molecule has 0 fully saturated rings. The maximum absolute atomic E-state index is 4.40. The van der Waals surface area contributed by atoms with Gasteiger partial charge in [-0.15, -0.1) is 0 Å². The predicted molar refractivity (Wildman–Crippen MR) is 535 cm³/mol. The van der Waals surface area contributed by atoms with Crippen LogP contribution in [0.25, 0.3) is 220 Å². The van der Waals surface area contributed by atoms with Crippen LogP contribution in [0.1, 0.15) is 25.0 Å². The first-order chi connectivity index (χ1) is 62.8. The summed E-state index contributed by atoms with van der Waals surface area (Å²) < 4.78 is 14.3. The molecule has 7 aromatic heterocycles. The van der Waals surface area contributed by atoms with Crippen LogP contribution >= 0.6 is 0 Å². The van der Waals surface area contributed by atoms with Crippen LogP contribution in [0.3, 0.4) is 0 Å². The van der Waals surface area contributed by atoms with Crippen LogP contribution in [0.4, 0.5) is 0 Å². The van der Waals surface area contributed by atoms with Crippen LogP contribution in [-0.2, 0) is 5.41 Å². The highest BCUT2D eigenvalue weighted by molar-refractivity contribution is 6.23. The lowest BCUT2D eigenvalue weighted by molar-refractivity contribution is 0.660. The Balaban J connectivity index is 0.000000104. The number of hydrogen-bond acceptors (Lipinski definition) is 1. The Morgan fingerprint density at radius 3 is 0.843 bits per heavy atom. The van der Waals surface area contributed by atoms with Gasteiger partial charge in [0.15, 0.2) is 0 Å². The molecule has 0 radical (unpaired) electrons. The van der Waals surface area contributed by atoms with Crippen LogP contribution in [0, 0.1) is 0 Å². The summed E-state index contributed by atoms with van der Waals surface area (Å²) in [6.07, 6.45) is 3.86. The Morgan fingerprint density at radius 2 is 0.472 bits per heavy atom. The lowest BCUT2D eigenvalue weighted by Crippen LogP contribution is -2.14. The fourth-order valence-electron chi connectivity index (χ4n) is 21.1. The third-order valence-electron chi connectivity index (χ3n) is 26.8. The standard InChI is InChI=1S/C45H32N2.C39H25N3.C36H24N2/c1-45(2)37-18-9-6-17-34(37)44-38(45)19-12-22-43(44)47-40-21-11-8-16-33(40)36-28-30(24-26-42(36)47)29-23-25-41-35(27-29)32-15-7-10-20-39(32)46(41)31-13-4-3-5-14-31;1-3-9-29(10-4-1)41-35-14-8-7-13-32(35)33-23-26(15-18-36(33)41)27-16-19-37-34(24-27)39-31-21-22-40-25-28(31)17-20-38(39)42(37)30-11-5-2-6-12-30;1-3-11-27(12-4-1)37-33-17-9-7-15-29(33)31-23-25(19-21-35(31)37)26-20-22-36-32(24-26)30-16-8-10-18-34(30)38(36)28-13-5-2-6-14-28/h3-28H,1-2H3;1-25H;1-24H. The normalized spacial score (nSPS) is 12.4. The zero-order valence-electron chi connectivity index (χ0n) is 69.9.